The van der Waals surface area contributed by atoms with Crippen molar-refractivity contribution in [3.8, 4) is 6.07 Å². The molecule has 30 heavy (non-hydrogen) atoms. The van der Waals surface area contributed by atoms with Crippen LogP contribution in [0.15, 0.2) is 9.70 Å². The molecule has 0 radical (unpaired) electrons. The smallest absolute Gasteiger partial charge is 0.270 e. The van der Waals surface area contributed by atoms with Crippen molar-refractivity contribution in [3.63, 3.8) is 0 Å². The van der Waals surface area contributed by atoms with Gasteiger partial charge in [0.05, 0.1) is 18.1 Å². The summed E-state index contributed by atoms with van der Waals surface area (Å²) in [6, 6.07) is 2.08. The Hall–Kier alpha value is -2.15. The number of unbranched alkanes of at least 4 members (excludes halogenated alkanes) is 1. The van der Waals surface area contributed by atoms with E-state index in [1.165, 1.54) is 11.8 Å². The molecular weight excluding hydrogens is 420 g/mol. The fraction of sp³-hybridized carbons (Fsp3) is 0.524. The van der Waals surface area contributed by atoms with Gasteiger partial charge >= 0.3 is 0 Å². The number of hydrogen-bond acceptors (Lipinski definition) is 7. The van der Waals surface area contributed by atoms with Crippen molar-refractivity contribution in [2.24, 2.45) is 0 Å². The first-order valence-corrected chi connectivity index (χ1v) is 11.4. The lowest BCUT2D eigenvalue weighted by atomic mass is 10.0. The van der Waals surface area contributed by atoms with Crippen LogP contribution in [-0.2, 0) is 16.1 Å². The Morgan fingerprint density at radius 2 is 1.97 bits per heavy atom. The summed E-state index contributed by atoms with van der Waals surface area (Å²) in [6.07, 6.45) is 3.55. The standard InChI is InChI=1S/C21H26N4O3S2/c1-4-6-7-25-18(23-8-10-28-11-9-23)15(14(3)16(13-22)19(25)26)12-17-20(27)24(5-2)21(29)30-17/h12H,4-11H2,1-3H3/b17-12+. The quantitative estimate of drug-likeness (QED) is 0.491. The highest BCUT2D eigenvalue weighted by molar-refractivity contribution is 8.26. The van der Waals surface area contributed by atoms with E-state index in [9.17, 15) is 14.9 Å². The Morgan fingerprint density at radius 1 is 1.27 bits per heavy atom. The number of hydrogen-bond donors (Lipinski definition) is 0. The third-order valence-corrected chi connectivity index (χ3v) is 6.74. The molecule has 2 aliphatic rings. The SMILES string of the molecule is CCCCn1c(N2CCOCC2)c(/C=C2/SC(=S)N(CC)C2=O)c(C)c(C#N)c1=O. The minimum absolute atomic E-state index is 0.125. The zero-order valence-electron chi connectivity index (χ0n) is 17.6. The summed E-state index contributed by atoms with van der Waals surface area (Å²) in [5.41, 5.74) is 1.18. The summed E-state index contributed by atoms with van der Waals surface area (Å²) in [7, 11) is 0. The Balaban J connectivity index is 2.25. The van der Waals surface area contributed by atoms with Crippen molar-refractivity contribution < 1.29 is 9.53 Å². The molecule has 2 aliphatic heterocycles. The van der Waals surface area contributed by atoms with E-state index in [0.717, 1.165) is 24.2 Å². The van der Waals surface area contributed by atoms with E-state index < -0.39 is 0 Å². The molecule has 0 bridgehead atoms. The molecule has 0 saturated carbocycles. The van der Waals surface area contributed by atoms with Gasteiger partial charge < -0.3 is 9.64 Å². The topological polar surface area (TPSA) is 78.6 Å². The highest BCUT2D eigenvalue weighted by Crippen LogP contribution is 2.35. The molecule has 2 saturated heterocycles. The molecule has 0 spiro atoms. The van der Waals surface area contributed by atoms with Gasteiger partial charge in [0.1, 0.15) is 21.8 Å². The summed E-state index contributed by atoms with van der Waals surface area (Å²) in [4.78, 5) is 30.2. The second kappa shape index (κ2) is 9.77. The zero-order chi connectivity index (χ0) is 21.8. The number of anilines is 1. The van der Waals surface area contributed by atoms with Gasteiger partial charge in [-0.15, -0.1) is 0 Å². The third-order valence-electron chi connectivity index (χ3n) is 5.36. The minimum Gasteiger partial charge on any atom is -0.378 e. The lowest BCUT2D eigenvalue weighted by molar-refractivity contribution is -0.121. The van der Waals surface area contributed by atoms with Crippen molar-refractivity contribution in [2.75, 3.05) is 37.7 Å². The van der Waals surface area contributed by atoms with Crippen LogP contribution in [0.25, 0.3) is 6.08 Å². The highest BCUT2D eigenvalue weighted by atomic mass is 32.2. The van der Waals surface area contributed by atoms with E-state index >= 15 is 0 Å². The van der Waals surface area contributed by atoms with Gasteiger partial charge in [-0.05, 0) is 31.9 Å². The monoisotopic (exact) mass is 446 g/mol. The van der Waals surface area contributed by atoms with Crippen LogP contribution in [-0.4, -0.2) is 52.5 Å². The number of aromatic nitrogens is 1. The first-order valence-electron chi connectivity index (χ1n) is 10.2. The highest BCUT2D eigenvalue weighted by Gasteiger charge is 2.32. The van der Waals surface area contributed by atoms with Crippen LogP contribution in [0.3, 0.4) is 0 Å². The van der Waals surface area contributed by atoms with E-state index in [-0.39, 0.29) is 17.0 Å². The molecule has 0 atom stereocenters. The predicted octanol–water partition coefficient (Wildman–Crippen LogP) is 2.89. The van der Waals surface area contributed by atoms with Crippen LogP contribution < -0.4 is 10.5 Å². The summed E-state index contributed by atoms with van der Waals surface area (Å²) >= 11 is 6.61. The maximum absolute atomic E-state index is 13.2. The number of nitrogens with zero attached hydrogens (tertiary/aromatic N) is 4. The molecule has 1 aromatic rings. The molecule has 0 N–H and O–H groups in total. The summed E-state index contributed by atoms with van der Waals surface area (Å²) < 4.78 is 7.73. The van der Waals surface area contributed by atoms with Crippen LogP contribution in [0.5, 0.6) is 0 Å². The normalized spacial score (nSPS) is 18.4. The maximum Gasteiger partial charge on any atom is 0.270 e. The van der Waals surface area contributed by atoms with E-state index in [1.54, 1.807) is 22.5 Å². The lowest BCUT2D eigenvalue weighted by Crippen LogP contribution is -2.41. The molecule has 3 heterocycles. The molecular formula is C21H26N4O3S2. The summed E-state index contributed by atoms with van der Waals surface area (Å²) in [6.45, 7) is 9.19. The van der Waals surface area contributed by atoms with Crippen molar-refractivity contribution >= 4 is 46.1 Å². The van der Waals surface area contributed by atoms with Crippen molar-refractivity contribution in [2.45, 2.75) is 40.2 Å². The second-order valence-electron chi connectivity index (χ2n) is 7.18. The van der Waals surface area contributed by atoms with Crippen molar-refractivity contribution in [3.05, 3.63) is 31.9 Å². The molecule has 0 unspecified atom stereocenters. The van der Waals surface area contributed by atoms with Gasteiger partial charge in [0.2, 0.25) is 0 Å². The molecule has 0 aliphatic carbocycles. The van der Waals surface area contributed by atoms with Gasteiger partial charge in [0.25, 0.3) is 11.5 Å². The Kier molecular flexibility index (Phi) is 7.34. The van der Waals surface area contributed by atoms with Crippen LogP contribution in [0, 0.1) is 18.3 Å². The first-order chi connectivity index (χ1) is 14.4. The number of ether oxygens (including phenoxy) is 1. The van der Waals surface area contributed by atoms with Crippen LogP contribution in [0.1, 0.15) is 43.4 Å². The maximum atomic E-state index is 13.2. The van der Waals surface area contributed by atoms with Crippen molar-refractivity contribution in [1.29, 1.82) is 5.26 Å². The van der Waals surface area contributed by atoms with Gasteiger partial charge in [-0.3, -0.25) is 19.1 Å². The predicted molar refractivity (Wildman–Crippen MR) is 124 cm³/mol. The number of pyridine rings is 1. The Bertz CT molecular complexity index is 987. The lowest BCUT2D eigenvalue weighted by Gasteiger charge is -2.33. The summed E-state index contributed by atoms with van der Waals surface area (Å²) in [5, 5.41) is 9.69. The number of thioether (sulfide) groups is 1. The van der Waals surface area contributed by atoms with E-state index in [4.69, 9.17) is 17.0 Å². The van der Waals surface area contributed by atoms with Gasteiger partial charge in [-0.1, -0.05) is 37.3 Å². The first kappa shape index (κ1) is 22.5. The molecule has 0 aromatic carbocycles. The average Bonchev–Trinajstić information content (AvgIpc) is 3.02. The largest absolute Gasteiger partial charge is 0.378 e. The number of carbonyl (C=O) groups excluding carboxylic acids is 1. The molecule has 160 valence electrons. The van der Waals surface area contributed by atoms with E-state index in [0.29, 0.717) is 54.2 Å². The average molecular weight is 447 g/mol. The minimum atomic E-state index is -0.275. The molecule has 3 rings (SSSR count). The second-order valence-corrected chi connectivity index (χ2v) is 8.86. The van der Waals surface area contributed by atoms with Crippen molar-refractivity contribution in [1.82, 2.24) is 9.47 Å². The third kappa shape index (κ3) is 4.17. The Labute approximate surface area is 186 Å². The molecule has 7 nitrogen and oxygen atoms in total. The molecule has 9 heteroatoms. The van der Waals surface area contributed by atoms with Gasteiger partial charge in [0.15, 0.2) is 0 Å². The number of rotatable bonds is 6. The van der Waals surface area contributed by atoms with E-state index in [2.05, 4.69) is 17.9 Å². The molecule has 1 aromatic heterocycles. The van der Waals surface area contributed by atoms with Gasteiger partial charge in [0, 0.05) is 31.7 Å². The van der Waals surface area contributed by atoms with E-state index in [1.807, 2.05) is 6.92 Å². The number of nitriles is 1. The molecule has 1 amide bonds. The Morgan fingerprint density at radius 3 is 2.53 bits per heavy atom. The number of likely N-dealkylation sites (N-methyl/N-ethyl adjacent to an activating group) is 1. The number of carbonyl (C=O) groups is 1. The molecule has 2 fully saturated rings. The summed E-state index contributed by atoms with van der Waals surface area (Å²) in [5.74, 6) is 0.625. The number of thiocarbonyl (C=S) groups is 1. The number of amides is 1. The van der Waals surface area contributed by atoms with Gasteiger partial charge in [-0.2, -0.15) is 5.26 Å². The van der Waals surface area contributed by atoms with Crippen LogP contribution in [0.4, 0.5) is 5.82 Å². The fourth-order valence-electron chi connectivity index (χ4n) is 3.69. The van der Waals surface area contributed by atoms with Crippen LogP contribution >= 0.6 is 24.0 Å². The fourth-order valence-corrected chi connectivity index (χ4v) is 5.05. The number of morpholine rings is 1. The van der Waals surface area contributed by atoms with Gasteiger partial charge in [-0.25, -0.2) is 0 Å². The zero-order valence-corrected chi connectivity index (χ0v) is 19.2. The van der Waals surface area contributed by atoms with Crippen LogP contribution in [0.2, 0.25) is 0 Å².